The Balaban J connectivity index is 1.48. The zero-order valence-corrected chi connectivity index (χ0v) is 44.4. The molecule has 0 aromatic heterocycles. The van der Waals surface area contributed by atoms with Gasteiger partial charge in [-0.2, -0.15) is 0 Å². The summed E-state index contributed by atoms with van der Waals surface area (Å²) in [6, 6.07) is -3.66. The molecule has 6 fully saturated rings. The SMILES string of the molecule is CC(=O)N[C@H]1[C@H](O[C@H]2[C@@H](O)[C@@H](CO)O[C@@H](O[C@@H]([C@@H](O)[C@H](O)CO)[C@H](CO)NC(C)=O)[C@@H]2O[C@@H]2O[C@@H](C)[C@@H](O)[C@@H](O)[C@@H]2O)O[C@H](CO)[C@@H](O[C@@H]2O[C@H](CO)[C@H](O)[C@H](O)[C@H]2O[C@@H]2O[C@@H](C)[C@@H](O)[C@@H](O)[C@@H]2O)[C@@H]1O[C@@H]1O[C@@H](C)[C@@H](O)[C@@H](O)[C@@H]1O. The fourth-order valence-electron chi connectivity index (χ4n) is 10.2. The monoisotopic (exact) mass is 1190 g/mol. The van der Waals surface area contributed by atoms with E-state index < -0.39 is 253 Å². The van der Waals surface area contributed by atoms with Gasteiger partial charge in [-0.1, -0.05) is 0 Å². The first-order chi connectivity index (χ1) is 38.1. The second-order valence-corrected chi connectivity index (χ2v) is 20.8. The lowest BCUT2D eigenvalue weighted by atomic mass is 9.93. The number of nitrogens with one attached hydrogen (secondary N) is 2. The molecule has 6 rings (SSSR count). The molecule has 35 nitrogen and oxygen atoms in total. The van der Waals surface area contributed by atoms with Crippen molar-refractivity contribution in [2.24, 2.45) is 0 Å². The van der Waals surface area contributed by atoms with Crippen LogP contribution in [0.15, 0.2) is 0 Å². The van der Waals surface area contributed by atoms with Crippen molar-refractivity contribution in [3.8, 4) is 0 Å². The molecule has 6 heterocycles. The molecule has 0 aliphatic carbocycles. The van der Waals surface area contributed by atoms with Gasteiger partial charge in [0.05, 0.1) is 57.4 Å². The summed E-state index contributed by atoms with van der Waals surface area (Å²) in [5.74, 6) is -1.79. The maximum Gasteiger partial charge on any atom is 0.217 e. The van der Waals surface area contributed by atoms with E-state index in [1.54, 1.807) is 0 Å². The second kappa shape index (κ2) is 29.4. The molecule has 6 saturated heterocycles. The summed E-state index contributed by atoms with van der Waals surface area (Å²) < 4.78 is 72.2. The quantitative estimate of drug-likeness (QED) is 0.0479. The van der Waals surface area contributed by atoms with Crippen molar-refractivity contribution >= 4 is 11.8 Å². The number of ether oxygens (including phenoxy) is 12. The Hall–Kier alpha value is -2.30. The van der Waals surface area contributed by atoms with Crippen LogP contribution < -0.4 is 10.6 Å². The highest BCUT2D eigenvalue weighted by molar-refractivity contribution is 5.73. The minimum absolute atomic E-state index is 0.828. The van der Waals surface area contributed by atoms with Crippen LogP contribution in [-0.2, 0) is 66.4 Å². The van der Waals surface area contributed by atoms with E-state index in [4.69, 9.17) is 56.8 Å². The normalized spacial score (nSPS) is 47.7. The van der Waals surface area contributed by atoms with Crippen molar-refractivity contribution in [1.82, 2.24) is 10.6 Å². The van der Waals surface area contributed by atoms with Crippen molar-refractivity contribution in [1.29, 1.82) is 0 Å². The first-order valence-corrected chi connectivity index (χ1v) is 26.1. The van der Waals surface area contributed by atoms with E-state index in [-0.39, 0.29) is 0 Å². The maximum atomic E-state index is 13.4. The van der Waals surface area contributed by atoms with Crippen LogP contribution in [0, 0.1) is 0 Å². The van der Waals surface area contributed by atoms with Gasteiger partial charge in [0.1, 0.15) is 146 Å². The topological polar surface area (TPSA) is 553 Å². The Morgan fingerprint density at radius 2 is 0.840 bits per heavy atom. The molecule has 6 aliphatic rings. The molecule has 0 bridgehead atoms. The third-order valence-corrected chi connectivity index (χ3v) is 14.9. The third kappa shape index (κ3) is 15.1. The van der Waals surface area contributed by atoms with Gasteiger partial charge >= 0.3 is 0 Å². The third-order valence-electron chi connectivity index (χ3n) is 14.9. The van der Waals surface area contributed by atoms with Crippen LogP contribution in [0.5, 0.6) is 0 Å². The van der Waals surface area contributed by atoms with E-state index in [1.807, 2.05) is 0 Å². The van der Waals surface area contributed by atoms with Crippen LogP contribution in [0.1, 0.15) is 34.6 Å². The summed E-state index contributed by atoms with van der Waals surface area (Å²) in [6.07, 6.45) is -62.6. The molecule has 0 aromatic carbocycles. The average molecular weight is 1190 g/mol. The minimum Gasteiger partial charge on any atom is -0.394 e. The van der Waals surface area contributed by atoms with Crippen molar-refractivity contribution < 1.29 is 163 Å². The highest BCUT2D eigenvalue weighted by Gasteiger charge is 2.60. The number of hydrogen-bond donors (Lipinski definition) is 21. The van der Waals surface area contributed by atoms with Gasteiger partial charge in [0.25, 0.3) is 0 Å². The molecule has 81 heavy (non-hydrogen) atoms. The van der Waals surface area contributed by atoms with Crippen LogP contribution in [0.4, 0.5) is 0 Å². The number of hydrogen-bond acceptors (Lipinski definition) is 33. The van der Waals surface area contributed by atoms with Gasteiger partial charge in [-0.05, 0) is 20.8 Å². The highest BCUT2D eigenvalue weighted by Crippen LogP contribution is 2.39. The first kappa shape index (κ1) is 67.8. The molecular weight excluding hydrogens is 1110 g/mol. The van der Waals surface area contributed by atoms with Crippen molar-refractivity contribution in [3.05, 3.63) is 0 Å². The van der Waals surface area contributed by atoms with Gasteiger partial charge in [0.2, 0.25) is 11.8 Å². The lowest BCUT2D eigenvalue weighted by Crippen LogP contribution is -2.72. The Labute approximate surface area is 461 Å². The number of rotatable bonds is 22. The van der Waals surface area contributed by atoms with Crippen molar-refractivity contribution in [3.63, 3.8) is 0 Å². The summed E-state index contributed by atoms with van der Waals surface area (Å²) in [5, 5.41) is 211. The van der Waals surface area contributed by atoms with Gasteiger partial charge in [0, 0.05) is 13.8 Å². The number of amides is 2. The maximum absolute atomic E-state index is 13.4. The first-order valence-electron chi connectivity index (χ1n) is 26.1. The smallest absolute Gasteiger partial charge is 0.217 e. The van der Waals surface area contributed by atoms with Crippen LogP contribution in [0.2, 0.25) is 0 Å². The summed E-state index contributed by atoms with van der Waals surface area (Å²) in [4.78, 5) is 25.8. The van der Waals surface area contributed by atoms with Gasteiger partial charge in [-0.25, -0.2) is 0 Å². The van der Waals surface area contributed by atoms with E-state index in [2.05, 4.69) is 10.6 Å². The fraction of sp³-hybridized carbons (Fsp3) is 0.957. The number of carbonyl (C=O) groups is 2. The van der Waals surface area contributed by atoms with Gasteiger partial charge in [-0.15, -0.1) is 0 Å². The summed E-state index contributed by atoms with van der Waals surface area (Å²) in [5.41, 5.74) is 0. The van der Waals surface area contributed by atoms with E-state index in [1.165, 1.54) is 20.8 Å². The van der Waals surface area contributed by atoms with E-state index >= 15 is 0 Å². The molecule has 0 saturated carbocycles. The molecule has 0 radical (unpaired) electrons. The lowest BCUT2D eigenvalue weighted by molar-refractivity contribution is -0.407. The van der Waals surface area contributed by atoms with E-state index in [9.17, 15) is 107 Å². The molecule has 0 unspecified atom stereocenters. The standard InChI is InChI=1S/C46H80N2O33/c1-11-22(57)28(63)32(67)42(70-11)78-37-21(48-15(5)55)41(75-20(10-53)36(37)77-45-39(31(66)26(61)18(8-51)73-45)80-43-33(68)29(64)23(58)12(2)71-43)79-38-27(62)19(9-52)74-46(40(38)81-44-34(69)30(65)24(59)13(3)72-44)76-35(25(60)17(56)7-50)16(6-49)47-14(4)54/h11-13,16-46,49-53,56-69H,6-10H2,1-5H3,(H,47,54)(H,48,55)/t11-,12-,13-,16-,17+,18+,19+,20+,21+,22+,23+,24+,25-,26-,27-,28+,29+,30+,31-,32-,33-,34-,35+,36+,37+,38-,39+,40+,41-,42-,43-,44-,45-,46-/m0/s1. The van der Waals surface area contributed by atoms with Gasteiger partial charge < -0.3 is 164 Å². The Bertz CT molecular complexity index is 1960. The molecule has 2 amide bonds. The Morgan fingerprint density at radius 3 is 1.28 bits per heavy atom. The van der Waals surface area contributed by atoms with Gasteiger partial charge in [0.15, 0.2) is 37.7 Å². The molecular formula is C46H80N2O33. The fourth-order valence-corrected chi connectivity index (χ4v) is 10.2. The highest BCUT2D eigenvalue weighted by atomic mass is 16.8. The number of aliphatic hydroxyl groups is 19. The molecule has 34 atom stereocenters. The lowest BCUT2D eigenvalue weighted by Gasteiger charge is -2.52. The number of aliphatic hydroxyl groups excluding tert-OH is 19. The van der Waals surface area contributed by atoms with Crippen molar-refractivity contribution in [2.45, 2.75) is 243 Å². The van der Waals surface area contributed by atoms with Crippen LogP contribution in [0.3, 0.4) is 0 Å². The second-order valence-electron chi connectivity index (χ2n) is 20.8. The number of carbonyl (C=O) groups excluding carboxylic acids is 2. The predicted octanol–water partition coefficient (Wildman–Crippen LogP) is -13.3. The zero-order valence-electron chi connectivity index (χ0n) is 44.4. The molecule has 6 aliphatic heterocycles. The van der Waals surface area contributed by atoms with Crippen LogP contribution in [0.25, 0.3) is 0 Å². The predicted molar refractivity (Wildman–Crippen MR) is 253 cm³/mol. The summed E-state index contributed by atoms with van der Waals surface area (Å²) >= 11 is 0. The van der Waals surface area contributed by atoms with E-state index in [0.717, 1.165) is 13.8 Å². The Kier molecular flexibility index (Phi) is 24.6. The largest absolute Gasteiger partial charge is 0.394 e. The summed E-state index contributed by atoms with van der Waals surface area (Å²) in [7, 11) is 0. The molecule has 472 valence electrons. The minimum atomic E-state index is -2.24. The molecule has 0 aromatic rings. The average Bonchev–Trinajstić information content (AvgIpc) is 3.45. The Morgan fingerprint density at radius 1 is 0.420 bits per heavy atom. The van der Waals surface area contributed by atoms with Crippen LogP contribution in [-0.4, -0.2) is 350 Å². The van der Waals surface area contributed by atoms with E-state index in [0.29, 0.717) is 0 Å². The van der Waals surface area contributed by atoms with Crippen LogP contribution >= 0.6 is 0 Å². The molecule has 21 N–H and O–H groups in total. The molecule has 35 heteroatoms. The zero-order chi connectivity index (χ0) is 60.2. The summed E-state index contributed by atoms with van der Waals surface area (Å²) in [6.45, 7) is 0.242. The van der Waals surface area contributed by atoms with Crippen molar-refractivity contribution in [2.75, 3.05) is 33.0 Å². The van der Waals surface area contributed by atoms with Gasteiger partial charge in [-0.3, -0.25) is 9.59 Å². The molecule has 0 spiro atoms.